The molecule has 0 radical (unpaired) electrons. The third-order valence-corrected chi connectivity index (χ3v) is 4.97. The van der Waals surface area contributed by atoms with E-state index in [1.807, 2.05) is 0 Å². The average molecular weight is 365 g/mol. The molecule has 3 aromatic rings. The second-order valence-electron chi connectivity index (χ2n) is 5.49. The Morgan fingerprint density at radius 2 is 1.75 bits per heavy atom. The number of aryl methyl sites for hydroxylation is 1. The Morgan fingerprint density at radius 3 is 2.33 bits per heavy atom. The van der Waals surface area contributed by atoms with Gasteiger partial charge in [0, 0.05) is 17.9 Å². The molecule has 0 fully saturated rings. The fraction of sp³-hybridized carbons (Fsp3) is 0.118. The van der Waals surface area contributed by atoms with Gasteiger partial charge >= 0.3 is 0 Å². The summed E-state index contributed by atoms with van der Waals surface area (Å²) in [5.41, 5.74) is 2.44. The maximum atomic E-state index is 13.8. The zero-order valence-electron chi connectivity index (χ0n) is 13.0. The number of hydrogen-bond donors (Lipinski definition) is 0. The van der Waals surface area contributed by atoms with Crippen molar-refractivity contribution in [2.24, 2.45) is 0 Å². The lowest BCUT2D eigenvalue weighted by Gasteiger charge is -2.09. The Morgan fingerprint density at radius 1 is 1.08 bits per heavy atom. The molecule has 0 aliphatic carbocycles. The van der Waals surface area contributed by atoms with E-state index in [0.717, 1.165) is 11.8 Å². The maximum absolute atomic E-state index is 13.8. The Balaban J connectivity index is 2.11. The normalized spacial score (nSPS) is 11.7. The van der Waals surface area contributed by atoms with Crippen LogP contribution in [0.1, 0.15) is 5.56 Å². The summed E-state index contributed by atoms with van der Waals surface area (Å²) >= 11 is 6.02. The number of halogens is 2. The summed E-state index contributed by atoms with van der Waals surface area (Å²) in [6.07, 6.45) is 1.15. The minimum absolute atomic E-state index is 0.227. The van der Waals surface area contributed by atoms with E-state index in [1.54, 1.807) is 37.3 Å². The third kappa shape index (κ3) is 3.20. The molecule has 124 valence electrons. The predicted octanol–water partition coefficient (Wildman–Crippen LogP) is 4.04. The molecule has 1 heterocycles. The minimum atomic E-state index is -3.27. The van der Waals surface area contributed by atoms with Crippen LogP contribution in [0.15, 0.2) is 53.4 Å². The van der Waals surface area contributed by atoms with Gasteiger partial charge in [-0.3, -0.25) is 0 Å². The summed E-state index contributed by atoms with van der Waals surface area (Å²) in [5.74, 6) is -0.336. The van der Waals surface area contributed by atoms with Crippen LogP contribution >= 0.6 is 11.6 Å². The Bertz CT molecular complexity index is 1010. The molecule has 24 heavy (non-hydrogen) atoms. The fourth-order valence-electron chi connectivity index (χ4n) is 2.34. The standard InChI is InChI=1S/C17H14ClFN2O2S/c1-11-3-6-13(9-15(11)19)21-16(10-17(18)20-21)12-4-7-14(8-5-12)24(2,22)23/h3-10H,1-2H3. The largest absolute Gasteiger partial charge is 0.231 e. The molecule has 0 saturated heterocycles. The highest BCUT2D eigenvalue weighted by Gasteiger charge is 2.13. The van der Waals surface area contributed by atoms with Crippen molar-refractivity contribution < 1.29 is 12.8 Å². The van der Waals surface area contributed by atoms with Gasteiger partial charge in [0.05, 0.1) is 16.3 Å². The quantitative estimate of drug-likeness (QED) is 0.704. The maximum Gasteiger partial charge on any atom is 0.175 e. The average Bonchev–Trinajstić information content (AvgIpc) is 2.91. The minimum Gasteiger partial charge on any atom is -0.231 e. The van der Waals surface area contributed by atoms with Gasteiger partial charge in [0.1, 0.15) is 5.82 Å². The molecule has 3 rings (SSSR count). The molecule has 0 amide bonds. The van der Waals surface area contributed by atoms with Crippen LogP contribution in [0.4, 0.5) is 4.39 Å². The first-order valence-electron chi connectivity index (χ1n) is 7.08. The summed E-state index contributed by atoms with van der Waals surface area (Å²) in [4.78, 5) is 0.227. The van der Waals surface area contributed by atoms with Gasteiger partial charge in [0.25, 0.3) is 0 Å². The van der Waals surface area contributed by atoms with Crippen molar-refractivity contribution in [2.45, 2.75) is 11.8 Å². The summed E-state index contributed by atoms with van der Waals surface area (Å²) in [7, 11) is -3.27. The Kier molecular flexibility index (Phi) is 4.19. The zero-order chi connectivity index (χ0) is 17.5. The molecule has 0 atom stereocenters. The zero-order valence-corrected chi connectivity index (χ0v) is 14.6. The van der Waals surface area contributed by atoms with Crippen molar-refractivity contribution in [3.8, 4) is 16.9 Å². The van der Waals surface area contributed by atoms with Gasteiger partial charge in [-0.1, -0.05) is 29.8 Å². The summed E-state index contributed by atoms with van der Waals surface area (Å²) in [6.45, 7) is 1.68. The highest BCUT2D eigenvalue weighted by molar-refractivity contribution is 7.90. The van der Waals surface area contributed by atoms with E-state index >= 15 is 0 Å². The highest BCUT2D eigenvalue weighted by atomic mass is 35.5. The molecule has 7 heteroatoms. The lowest BCUT2D eigenvalue weighted by molar-refractivity contribution is 0.602. The monoisotopic (exact) mass is 364 g/mol. The first kappa shape index (κ1) is 16.7. The lowest BCUT2D eigenvalue weighted by atomic mass is 10.1. The van der Waals surface area contributed by atoms with E-state index in [1.165, 1.54) is 22.9 Å². The van der Waals surface area contributed by atoms with Crippen molar-refractivity contribution in [3.05, 3.63) is 65.1 Å². The van der Waals surface area contributed by atoms with Crippen LogP contribution in [0.25, 0.3) is 16.9 Å². The van der Waals surface area contributed by atoms with Crippen molar-refractivity contribution in [2.75, 3.05) is 6.26 Å². The van der Waals surface area contributed by atoms with Gasteiger partial charge in [0.2, 0.25) is 0 Å². The van der Waals surface area contributed by atoms with Gasteiger partial charge in [-0.05, 0) is 36.8 Å². The van der Waals surface area contributed by atoms with Crippen LogP contribution < -0.4 is 0 Å². The molecule has 4 nitrogen and oxygen atoms in total. The predicted molar refractivity (Wildman–Crippen MR) is 91.8 cm³/mol. The van der Waals surface area contributed by atoms with Crippen LogP contribution in [-0.2, 0) is 9.84 Å². The topological polar surface area (TPSA) is 52.0 Å². The van der Waals surface area contributed by atoms with Crippen molar-refractivity contribution >= 4 is 21.4 Å². The van der Waals surface area contributed by atoms with Crippen molar-refractivity contribution in [1.82, 2.24) is 9.78 Å². The molecule has 0 N–H and O–H groups in total. The van der Waals surface area contributed by atoms with Crippen LogP contribution in [0.5, 0.6) is 0 Å². The first-order valence-corrected chi connectivity index (χ1v) is 9.35. The molecule has 0 aliphatic heterocycles. The molecule has 0 spiro atoms. The smallest absolute Gasteiger partial charge is 0.175 e. The van der Waals surface area contributed by atoms with E-state index in [-0.39, 0.29) is 15.9 Å². The molecule has 0 bridgehead atoms. The Hall–Kier alpha value is -2.18. The molecular formula is C17H14ClFN2O2S. The van der Waals surface area contributed by atoms with Gasteiger partial charge in [-0.25, -0.2) is 17.5 Å². The van der Waals surface area contributed by atoms with Crippen molar-refractivity contribution in [1.29, 1.82) is 0 Å². The van der Waals surface area contributed by atoms with Gasteiger partial charge in [-0.15, -0.1) is 0 Å². The van der Waals surface area contributed by atoms with E-state index in [4.69, 9.17) is 11.6 Å². The molecular weight excluding hydrogens is 351 g/mol. The summed E-state index contributed by atoms with van der Waals surface area (Å²) in [5, 5.41) is 4.46. The molecule has 2 aromatic carbocycles. The number of nitrogens with zero attached hydrogens (tertiary/aromatic N) is 2. The van der Waals surface area contributed by atoms with Gasteiger partial charge < -0.3 is 0 Å². The SMILES string of the molecule is Cc1ccc(-n2nc(Cl)cc2-c2ccc(S(C)(=O)=O)cc2)cc1F. The van der Waals surface area contributed by atoms with E-state index in [9.17, 15) is 12.8 Å². The second-order valence-corrected chi connectivity index (χ2v) is 7.90. The Labute approximate surface area is 144 Å². The third-order valence-electron chi connectivity index (χ3n) is 3.66. The van der Waals surface area contributed by atoms with Crippen LogP contribution in [0, 0.1) is 12.7 Å². The second kappa shape index (κ2) is 6.03. The summed E-state index contributed by atoms with van der Waals surface area (Å²) in [6, 6.07) is 12.8. The van der Waals surface area contributed by atoms with E-state index < -0.39 is 9.84 Å². The number of benzene rings is 2. The van der Waals surface area contributed by atoms with Crippen LogP contribution in [0.3, 0.4) is 0 Å². The molecule has 0 saturated carbocycles. The molecule has 0 aliphatic rings. The first-order chi connectivity index (χ1) is 11.3. The molecule has 1 aromatic heterocycles. The summed E-state index contributed by atoms with van der Waals surface area (Å²) < 4.78 is 38.5. The van der Waals surface area contributed by atoms with Crippen LogP contribution in [-0.4, -0.2) is 24.5 Å². The van der Waals surface area contributed by atoms with Crippen molar-refractivity contribution in [3.63, 3.8) is 0 Å². The van der Waals surface area contributed by atoms with Gasteiger partial charge in [-0.2, -0.15) is 5.10 Å². The fourth-order valence-corrected chi connectivity index (χ4v) is 3.15. The van der Waals surface area contributed by atoms with Gasteiger partial charge in [0.15, 0.2) is 15.0 Å². The number of hydrogen-bond acceptors (Lipinski definition) is 3. The highest BCUT2D eigenvalue weighted by Crippen LogP contribution is 2.27. The van der Waals surface area contributed by atoms with E-state index in [2.05, 4.69) is 5.10 Å². The number of rotatable bonds is 3. The number of sulfone groups is 1. The van der Waals surface area contributed by atoms with Crippen LogP contribution in [0.2, 0.25) is 5.15 Å². The molecule has 0 unspecified atom stereocenters. The lowest BCUT2D eigenvalue weighted by Crippen LogP contribution is -2.01. The number of aromatic nitrogens is 2. The van der Waals surface area contributed by atoms with E-state index in [0.29, 0.717) is 16.9 Å².